The first-order valence-electron chi connectivity index (χ1n) is 28.7. The molecule has 0 aromatic rings. The lowest BCUT2D eigenvalue weighted by atomic mass is 10.1. The van der Waals surface area contributed by atoms with Crippen LogP contribution in [0.15, 0.2) is 97.2 Å². The van der Waals surface area contributed by atoms with Crippen molar-refractivity contribution in [2.45, 2.75) is 271 Å². The fourth-order valence-corrected chi connectivity index (χ4v) is 7.73. The van der Waals surface area contributed by atoms with Gasteiger partial charge in [-0.3, -0.25) is 14.4 Å². The molecule has 0 spiro atoms. The molecule has 0 aliphatic carbocycles. The van der Waals surface area contributed by atoms with Gasteiger partial charge in [-0.25, -0.2) is 0 Å². The van der Waals surface area contributed by atoms with E-state index in [0.29, 0.717) is 19.3 Å². The molecule has 0 aliphatic rings. The number of hydrogen-bond acceptors (Lipinski definition) is 6. The SMILES string of the molecule is CC/C=C\C/C=C\C/C=C\C/C=C\C/C=C\CCCCCC(=O)OC[C@H](COC(=O)CCCCCCCCC/C=C\C/C=C\CCCCC)OC(=O)CCCCCCC/C=C\CCCCCCCC. The minimum atomic E-state index is -0.800. The Hall–Kier alpha value is -3.67. The maximum Gasteiger partial charge on any atom is 0.306 e. The number of hydrogen-bond donors (Lipinski definition) is 0. The molecule has 6 nitrogen and oxygen atoms in total. The minimum Gasteiger partial charge on any atom is -0.462 e. The molecule has 0 aliphatic heterocycles. The molecule has 0 fully saturated rings. The average Bonchev–Trinajstić information content (AvgIpc) is 3.35. The maximum atomic E-state index is 12.8. The van der Waals surface area contributed by atoms with Crippen molar-refractivity contribution in [3.8, 4) is 0 Å². The first kappa shape index (κ1) is 65.3. The molecule has 0 amide bonds. The highest BCUT2D eigenvalue weighted by atomic mass is 16.6. The van der Waals surface area contributed by atoms with E-state index in [1.54, 1.807) is 0 Å². The zero-order valence-corrected chi connectivity index (χ0v) is 45.0. The van der Waals surface area contributed by atoms with Gasteiger partial charge in [0.25, 0.3) is 0 Å². The molecule has 1 atom stereocenters. The number of carbonyl (C=O) groups excluding carboxylic acids is 3. The molecule has 6 heteroatoms. The summed E-state index contributed by atoms with van der Waals surface area (Å²) in [4.78, 5) is 38.2. The van der Waals surface area contributed by atoms with Crippen molar-refractivity contribution in [2.24, 2.45) is 0 Å². The highest BCUT2D eigenvalue weighted by Crippen LogP contribution is 2.14. The third kappa shape index (κ3) is 55.1. The van der Waals surface area contributed by atoms with Crippen LogP contribution in [0.5, 0.6) is 0 Å². The van der Waals surface area contributed by atoms with Crippen LogP contribution in [0.3, 0.4) is 0 Å². The highest BCUT2D eigenvalue weighted by Gasteiger charge is 2.19. The van der Waals surface area contributed by atoms with Gasteiger partial charge in [0.05, 0.1) is 0 Å². The van der Waals surface area contributed by atoms with E-state index in [2.05, 4.69) is 118 Å². The largest absolute Gasteiger partial charge is 0.462 e. The van der Waals surface area contributed by atoms with Gasteiger partial charge in [0.15, 0.2) is 6.10 Å². The van der Waals surface area contributed by atoms with Crippen LogP contribution in [0.25, 0.3) is 0 Å². The molecule has 0 bridgehead atoms. The van der Waals surface area contributed by atoms with E-state index in [4.69, 9.17) is 14.2 Å². The van der Waals surface area contributed by atoms with Crippen molar-refractivity contribution in [3.05, 3.63) is 97.2 Å². The van der Waals surface area contributed by atoms with Crippen molar-refractivity contribution >= 4 is 17.9 Å². The van der Waals surface area contributed by atoms with Crippen molar-refractivity contribution in [3.63, 3.8) is 0 Å². The molecule has 0 saturated carbocycles. The summed E-state index contributed by atoms with van der Waals surface area (Å²) >= 11 is 0. The lowest BCUT2D eigenvalue weighted by Gasteiger charge is -2.18. The first-order valence-corrected chi connectivity index (χ1v) is 28.7. The van der Waals surface area contributed by atoms with Crippen LogP contribution in [-0.4, -0.2) is 37.2 Å². The van der Waals surface area contributed by atoms with Crippen LogP contribution in [0.1, 0.15) is 265 Å². The van der Waals surface area contributed by atoms with E-state index in [-0.39, 0.29) is 31.1 Å². The van der Waals surface area contributed by atoms with Gasteiger partial charge in [0.2, 0.25) is 0 Å². The molecule has 0 radical (unpaired) electrons. The Balaban J connectivity index is 4.47. The molecular weight excluding hydrogens is 853 g/mol. The van der Waals surface area contributed by atoms with Crippen LogP contribution >= 0.6 is 0 Å². The standard InChI is InChI=1S/C63H106O6/c1-4-7-10-13-16-19-22-25-28-30-31-33-36-38-41-44-47-50-53-56-62(65)68-59-60(69-63(66)57-54-51-48-45-42-39-34-27-24-21-18-15-12-9-6-3)58-67-61(64)55-52-49-46-43-40-37-35-32-29-26-23-20-17-14-11-8-5-2/h7,10,16-17,19-20,25-29,31,33-34,38,41,60H,4-6,8-9,11-15,18,21-24,30,32,35-37,39-40,42-59H2,1-3H3/b10-7-,19-16-,20-17-,28-25-,29-26-,33-31-,34-27-,41-38-/t60-/m0/s1. The summed E-state index contributed by atoms with van der Waals surface area (Å²) in [5.74, 6) is -0.942. The predicted molar refractivity (Wildman–Crippen MR) is 297 cm³/mol. The highest BCUT2D eigenvalue weighted by molar-refractivity contribution is 5.71. The summed E-state index contributed by atoms with van der Waals surface area (Å²) in [5.41, 5.74) is 0. The molecule has 0 aromatic carbocycles. The third-order valence-electron chi connectivity index (χ3n) is 12.0. The van der Waals surface area contributed by atoms with Crippen molar-refractivity contribution in [2.75, 3.05) is 13.2 Å². The Morgan fingerprint density at radius 2 is 0.565 bits per heavy atom. The Labute approximate surface area is 426 Å². The number of esters is 3. The first-order chi connectivity index (χ1) is 34.0. The molecule has 69 heavy (non-hydrogen) atoms. The molecule has 0 rings (SSSR count). The summed E-state index contributed by atoms with van der Waals surface area (Å²) in [6.07, 6.45) is 75.3. The number of rotatable bonds is 51. The molecule has 0 heterocycles. The van der Waals surface area contributed by atoms with E-state index in [0.717, 1.165) is 122 Å². The molecule has 0 unspecified atom stereocenters. The lowest BCUT2D eigenvalue weighted by Crippen LogP contribution is -2.30. The zero-order chi connectivity index (χ0) is 50.0. The number of carbonyl (C=O) groups is 3. The molecule has 394 valence electrons. The lowest BCUT2D eigenvalue weighted by molar-refractivity contribution is -0.167. The van der Waals surface area contributed by atoms with E-state index in [1.807, 2.05) is 0 Å². The predicted octanol–water partition coefficient (Wildman–Crippen LogP) is 19.3. The molecule has 0 saturated heterocycles. The van der Waals surface area contributed by atoms with Crippen LogP contribution in [0.4, 0.5) is 0 Å². The second-order valence-electron chi connectivity index (χ2n) is 18.8. The summed E-state index contributed by atoms with van der Waals surface area (Å²) in [7, 11) is 0. The van der Waals surface area contributed by atoms with Crippen LogP contribution in [0, 0.1) is 0 Å². The minimum absolute atomic E-state index is 0.0961. The number of allylic oxidation sites excluding steroid dienone is 16. The van der Waals surface area contributed by atoms with E-state index in [9.17, 15) is 14.4 Å². The van der Waals surface area contributed by atoms with Crippen molar-refractivity contribution < 1.29 is 28.6 Å². The Bertz CT molecular complexity index is 1380. The molecule has 0 aromatic heterocycles. The Kier molecular flexibility index (Phi) is 53.9. The monoisotopic (exact) mass is 959 g/mol. The van der Waals surface area contributed by atoms with Gasteiger partial charge in [-0.15, -0.1) is 0 Å². The van der Waals surface area contributed by atoms with Gasteiger partial charge < -0.3 is 14.2 Å². The van der Waals surface area contributed by atoms with E-state index >= 15 is 0 Å². The topological polar surface area (TPSA) is 78.9 Å². The van der Waals surface area contributed by atoms with Gasteiger partial charge in [-0.1, -0.05) is 221 Å². The Morgan fingerprint density at radius 3 is 0.942 bits per heavy atom. The zero-order valence-electron chi connectivity index (χ0n) is 45.0. The van der Waals surface area contributed by atoms with E-state index in [1.165, 1.54) is 103 Å². The smallest absolute Gasteiger partial charge is 0.306 e. The average molecular weight is 960 g/mol. The second kappa shape index (κ2) is 56.9. The van der Waals surface area contributed by atoms with Gasteiger partial charge in [-0.2, -0.15) is 0 Å². The second-order valence-corrected chi connectivity index (χ2v) is 18.8. The van der Waals surface area contributed by atoms with Crippen molar-refractivity contribution in [1.29, 1.82) is 0 Å². The number of ether oxygens (including phenoxy) is 3. The normalized spacial score (nSPS) is 12.8. The number of unbranched alkanes of at least 4 members (excludes halogenated alkanes) is 24. The third-order valence-corrected chi connectivity index (χ3v) is 12.0. The van der Waals surface area contributed by atoms with Crippen LogP contribution < -0.4 is 0 Å². The Morgan fingerprint density at radius 1 is 0.304 bits per heavy atom. The molecular formula is C63H106O6. The fraction of sp³-hybridized carbons (Fsp3) is 0.698. The van der Waals surface area contributed by atoms with E-state index < -0.39 is 6.10 Å². The van der Waals surface area contributed by atoms with Gasteiger partial charge >= 0.3 is 17.9 Å². The summed E-state index contributed by atoms with van der Waals surface area (Å²) in [5, 5.41) is 0. The quantitative estimate of drug-likeness (QED) is 0.0262. The fourth-order valence-electron chi connectivity index (χ4n) is 7.73. The van der Waals surface area contributed by atoms with Crippen LogP contribution in [0.2, 0.25) is 0 Å². The summed E-state index contributed by atoms with van der Waals surface area (Å²) in [6.45, 7) is 6.46. The maximum absolute atomic E-state index is 12.8. The van der Waals surface area contributed by atoms with Gasteiger partial charge in [0.1, 0.15) is 13.2 Å². The molecule has 0 N–H and O–H groups in total. The van der Waals surface area contributed by atoms with Crippen LogP contribution in [-0.2, 0) is 28.6 Å². The van der Waals surface area contributed by atoms with Gasteiger partial charge in [0, 0.05) is 19.3 Å². The van der Waals surface area contributed by atoms with Gasteiger partial charge in [-0.05, 0) is 122 Å². The van der Waals surface area contributed by atoms with Crippen molar-refractivity contribution in [1.82, 2.24) is 0 Å². The summed E-state index contributed by atoms with van der Waals surface area (Å²) in [6, 6.07) is 0. The summed E-state index contributed by atoms with van der Waals surface area (Å²) < 4.78 is 16.8.